The van der Waals surface area contributed by atoms with Crippen LogP contribution in [0.3, 0.4) is 0 Å². The normalized spacial score (nSPS) is 16.5. The second-order valence-corrected chi connectivity index (χ2v) is 6.25. The Morgan fingerprint density at radius 3 is 2.61 bits per heavy atom. The highest BCUT2D eigenvalue weighted by Gasteiger charge is 2.30. The molecule has 2 rings (SSSR count). The molecule has 2 heterocycles. The molecule has 0 saturated carbocycles. The van der Waals surface area contributed by atoms with E-state index in [9.17, 15) is 14.7 Å². The third-order valence-corrected chi connectivity index (χ3v) is 4.32. The zero-order valence-corrected chi connectivity index (χ0v) is 14.2. The van der Waals surface area contributed by atoms with Gasteiger partial charge in [-0.25, -0.2) is 0 Å². The number of aryl methyl sites for hydroxylation is 2. The van der Waals surface area contributed by atoms with Gasteiger partial charge in [0.05, 0.1) is 11.3 Å². The Hall–Kier alpha value is -1.89. The molecule has 0 spiro atoms. The summed E-state index contributed by atoms with van der Waals surface area (Å²) in [4.78, 5) is 27.8. The molecule has 1 aromatic rings. The summed E-state index contributed by atoms with van der Waals surface area (Å²) in [5.74, 6) is -1.20. The second kappa shape index (κ2) is 7.59. The molecule has 23 heavy (non-hydrogen) atoms. The lowest BCUT2D eigenvalue weighted by atomic mass is 10.0. The first-order chi connectivity index (χ1) is 10.9. The molecule has 1 fully saturated rings. The van der Waals surface area contributed by atoms with Crippen LogP contribution in [0.25, 0.3) is 0 Å². The fourth-order valence-corrected chi connectivity index (χ4v) is 3.05. The smallest absolute Gasteiger partial charge is 0.323 e. The number of piperidine rings is 1. The predicted molar refractivity (Wildman–Crippen MR) is 86.4 cm³/mol. The Balaban J connectivity index is 2.20. The van der Waals surface area contributed by atoms with Crippen molar-refractivity contribution in [2.45, 2.75) is 45.7 Å². The monoisotopic (exact) mass is 322 g/mol. The number of carboxylic acid groups (broad SMARTS) is 1. The van der Waals surface area contributed by atoms with Crippen molar-refractivity contribution in [3.63, 3.8) is 0 Å². The summed E-state index contributed by atoms with van der Waals surface area (Å²) < 4.78 is 1.76. The van der Waals surface area contributed by atoms with E-state index >= 15 is 0 Å². The predicted octanol–water partition coefficient (Wildman–Crippen LogP) is 1.22. The molecule has 1 aliphatic rings. The van der Waals surface area contributed by atoms with E-state index in [1.165, 1.54) is 4.90 Å². The third kappa shape index (κ3) is 4.31. The van der Waals surface area contributed by atoms with Crippen LogP contribution in [0.5, 0.6) is 0 Å². The first-order valence-corrected chi connectivity index (χ1v) is 8.17. The van der Waals surface area contributed by atoms with Gasteiger partial charge >= 0.3 is 5.97 Å². The second-order valence-electron chi connectivity index (χ2n) is 6.25. The highest BCUT2D eigenvalue weighted by molar-refractivity contribution is 5.96. The number of amides is 1. The number of carbonyl (C=O) groups excluding carboxylic acids is 1. The molecule has 1 aromatic heterocycles. The van der Waals surface area contributed by atoms with Crippen LogP contribution in [0.2, 0.25) is 0 Å². The van der Waals surface area contributed by atoms with Gasteiger partial charge in [-0.2, -0.15) is 5.10 Å². The number of aromatic nitrogens is 2. The minimum Gasteiger partial charge on any atom is -0.480 e. The van der Waals surface area contributed by atoms with E-state index in [0.717, 1.165) is 38.9 Å². The number of nitrogens with zero attached hydrogens (tertiary/aromatic N) is 4. The highest BCUT2D eigenvalue weighted by Crippen LogP contribution is 2.19. The number of likely N-dealkylation sites (tertiary alicyclic amines) is 1. The van der Waals surface area contributed by atoms with Crippen LogP contribution in [-0.4, -0.2) is 69.3 Å². The maximum atomic E-state index is 12.9. The quantitative estimate of drug-likeness (QED) is 0.852. The SMILES string of the molecule is CCCn1cc(C(=O)N(CC(=O)O)C2CCN(C)CC2)c(C)n1. The zero-order chi connectivity index (χ0) is 17.0. The number of hydrogen-bond acceptors (Lipinski definition) is 4. The van der Waals surface area contributed by atoms with Crippen LogP contribution in [0.4, 0.5) is 0 Å². The highest BCUT2D eigenvalue weighted by atomic mass is 16.4. The van der Waals surface area contributed by atoms with Crippen LogP contribution in [0.1, 0.15) is 42.2 Å². The van der Waals surface area contributed by atoms with Crippen molar-refractivity contribution >= 4 is 11.9 Å². The summed E-state index contributed by atoms with van der Waals surface area (Å²) in [6.45, 7) is 6.10. The number of hydrogen-bond donors (Lipinski definition) is 1. The summed E-state index contributed by atoms with van der Waals surface area (Å²) in [5, 5.41) is 13.5. The molecular weight excluding hydrogens is 296 g/mol. The Bertz CT molecular complexity index is 562. The van der Waals surface area contributed by atoms with E-state index in [0.29, 0.717) is 11.3 Å². The average Bonchev–Trinajstić information content (AvgIpc) is 2.86. The van der Waals surface area contributed by atoms with Crippen molar-refractivity contribution < 1.29 is 14.7 Å². The first-order valence-electron chi connectivity index (χ1n) is 8.17. The minimum atomic E-state index is -0.976. The molecule has 0 aliphatic carbocycles. The van der Waals surface area contributed by atoms with Gasteiger partial charge in [-0.3, -0.25) is 14.3 Å². The van der Waals surface area contributed by atoms with Gasteiger partial charge in [0.15, 0.2) is 0 Å². The molecule has 0 radical (unpaired) electrons. The van der Waals surface area contributed by atoms with Crippen LogP contribution in [-0.2, 0) is 11.3 Å². The van der Waals surface area contributed by atoms with Gasteiger partial charge in [0, 0.05) is 18.8 Å². The van der Waals surface area contributed by atoms with E-state index in [1.807, 2.05) is 14.0 Å². The molecule has 128 valence electrons. The summed E-state index contributed by atoms with van der Waals surface area (Å²) in [6.07, 6.45) is 4.28. The van der Waals surface area contributed by atoms with Gasteiger partial charge in [-0.15, -0.1) is 0 Å². The van der Waals surface area contributed by atoms with Crippen LogP contribution < -0.4 is 0 Å². The van der Waals surface area contributed by atoms with Crippen molar-refractivity contribution in [1.29, 1.82) is 0 Å². The third-order valence-electron chi connectivity index (χ3n) is 4.32. The lowest BCUT2D eigenvalue weighted by Gasteiger charge is -2.36. The van der Waals surface area contributed by atoms with E-state index in [2.05, 4.69) is 10.00 Å². The van der Waals surface area contributed by atoms with E-state index in [1.54, 1.807) is 17.8 Å². The van der Waals surface area contributed by atoms with Crippen LogP contribution in [0, 0.1) is 6.92 Å². The largest absolute Gasteiger partial charge is 0.480 e. The van der Waals surface area contributed by atoms with Gasteiger partial charge in [0.25, 0.3) is 5.91 Å². The van der Waals surface area contributed by atoms with Gasteiger partial charge in [-0.05, 0) is 46.3 Å². The number of aliphatic carboxylic acids is 1. The number of rotatable bonds is 6. The average molecular weight is 322 g/mol. The Morgan fingerprint density at radius 1 is 1.39 bits per heavy atom. The molecule has 1 amide bonds. The topological polar surface area (TPSA) is 78.7 Å². The lowest BCUT2D eigenvalue weighted by molar-refractivity contribution is -0.138. The molecule has 0 unspecified atom stereocenters. The maximum Gasteiger partial charge on any atom is 0.323 e. The number of carboxylic acids is 1. The maximum absolute atomic E-state index is 12.9. The van der Waals surface area contributed by atoms with Gasteiger partial charge in [0.1, 0.15) is 6.54 Å². The fourth-order valence-electron chi connectivity index (χ4n) is 3.05. The molecule has 1 saturated heterocycles. The molecular formula is C16H26N4O3. The van der Waals surface area contributed by atoms with Gasteiger partial charge in [0.2, 0.25) is 0 Å². The Morgan fingerprint density at radius 2 is 2.04 bits per heavy atom. The van der Waals surface area contributed by atoms with Crippen molar-refractivity contribution in [1.82, 2.24) is 19.6 Å². The van der Waals surface area contributed by atoms with E-state index < -0.39 is 5.97 Å². The van der Waals surface area contributed by atoms with Crippen molar-refractivity contribution in [3.05, 3.63) is 17.5 Å². The van der Waals surface area contributed by atoms with E-state index in [4.69, 9.17) is 0 Å². The summed E-state index contributed by atoms with van der Waals surface area (Å²) in [7, 11) is 2.04. The Kier molecular flexibility index (Phi) is 5.76. The summed E-state index contributed by atoms with van der Waals surface area (Å²) >= 11 is 0. The standard InChI is InChI=1S/C16H26N4O3/c1-4-7-19-10-14(12(2)17-19)16(23)20(11-15(21)22)13-5-8-18(3)9-6-13/h10,13H,4-9,11H2,1-3H3,(H,21,22). The van der Waals surface area contributed by atoms with Crippen molar-refractivity contribution in [3.8, 4) is 0 Å². The minimum absolute atomic E-state index is 0.0243. The molecule has 7 heteroatoms. The van der Waals surface area contributed by atoms with Crippen LogP contribution >= 0.6 is 0 Å². The molecule has 0 aromatic carbocycles. The molecule has 7 nitrogen and oxygen atoms in total. The molecule has 1 aliphatic heterocycles. The molecule has 0 bridgehead atoms. The van der Waals surface area contributed by atoms with Crippen molar-refractivity contribution in [2.75, 3.05) is 26.7 Å². The van der Waals surface area contributed by atoms with Gasteiger partial charge in [-0.1, -0.05) is 6.92 Å². The Labute approximate surface area is 136 Å². The number of carbonyl (C=O) groups is 2. The first kappa shape index (κ1) is 17.5. The molecule has 0 atom stereocenters. The zero-order valence-electron chi connectivity index (χ0n) is 14.2. The summed E-state index contributed by atoms with van der Waals surface area (Å²) in [5.41, 5.74) is 1.17. The van der Waals surface area contributed by atoms with Crippen LogP contribution in [0.15, 0.2) is 6.20 Å². The van der Waals surface area contributed by atoms with E-state index in [-0.39, 0.29) is 18.5 Å². The van der Waals surface area contributed by atoms with Crippen molar-refractivity contribution in [2.24, 2.45) is 0 Å². The summed E-state index contributed by atoms with van der Waals surface area (Å²) in [6, 6.07) is -0.0243. The fraction of sp³-hybridized carbons (Fsp3) is 0.688. The van der Waals surface area contributed by atoms with Gasteiger partial charge < -0.3 is 14.9 Å². The molecule has 1 N–H and O–H groups in total. The lowest BCUT2D eigenvalue weighted by Crippen LogP contribution is -2.48.